The second-order valence-electron chi connectivity index (χ2n) is 7.76. The summed E-state index contributed by atoms with van der Waals surface area (Å²) in [5.74, 6) is 0. The van der Waals surface area contributed by atoms with Crippen molar-refractivity contribution in [2.45, 2.75) is 29.8 Å². The minimum atomic E-state index is -3.46. The van der Waals surface area contributed by atoms with E-state index in [1.807, 2.05) is 12.1 Å². The van der Waals surface area contributed by atoms with Gasteiger partial charge in [-0.15, -0.1) is 0 Å². The minimum Gasteiger partial charge on any atom is -0.372 e. The number of piperidine rings is 1. The van der Waals surface area contributed by atoms with Gasteiger partial charge in [0.1, 0.15) is 0 Å². The number of hydrogen-bond acceptors (Lipinski definition) is 4. The number of likely N-dealkylation sites (tertiary alicyclic amines) is 1. The fraction of sp³-hybridized carbons (Fsp3) is 0.455. The molecule has 0 unspecified atom stereocenters. The molecule has 6 heteroatoms. The Morgan fingerprint density at radius 2 is 1.54 bits per heavy atom. The molecular weight excluding hydrogens is 372 g/mol. The van der Waals surface area contributed by atoms with E-state index in [0.717, 1.165) is 38.9 Å². The maximum absolute atomic E-state index is 13.0. The number of ether oxygens (including phenoxy) is 1. The molecule has 4 rings (SSSR count). The summed E-state index contributed by atoms with van der Waals surface area (Å²) in [6.07, 6.45) is 2.80. The summed E-state index contributed by atoms with van der Waals surface area (Å²) < 4.78 is 33.8. The first-order valence-electron chi connectivity index (χ1n) is 10.0. The lowest BCUT2D eigenvalue weighted by molar-refractivity contribution is -0.119. The maximum atomic E-state index is 13.0. The summed E-state index contributed by atoms with van der Waals surface area (Å²) >= 11 is 0. The van der Waals surface area contributed by atoms with Crippen LogP contribution in [0, 0.1) is 0 Å². The second kappa shape index (κ2) is 8.33. The molecule has 5 nitrogen and oxygen atoms in total. The van der Waals surface area contributed by atoms with E-state index in [2.05, 4.69) is 29.2 Å². The lowest BCUT2D eigenvalue weighted by atomic mass is 9.90. The van der Waals surface area contributed by atoms with E-state index in [0.29, 0.717) is 24.6 Å². The van der Waals surface area contributed by atoms with Crippen molar-refractivity contribution in [1.29, 1.82) is 0 Å². The van der Waals surface area contributed by atoms with Gasteiger partial charge in [-0.05, 0) is 37.0 Å². The smallest absolute Gasteiger partial charge is 0.243 e. The quantitative estimate of drug-likeness (QED) is 0.774. The van der Waals surface area contributed by atoms with E-state index < -0.39 is 10.0 Å². The van der Waals surface area contributed by atoms with Crippen LogP contribution in [0.4, 0.5) is 0 Å². The average Bonchev–Trinajstić information content (AvgIpc) is 2.75. The van der Waals surface area contributed by atoms with Crippen LogP contribution in [0.15, 0.2) is 65.6 Å². The highest BCUT2D eigenvalue weighted by Gasteiger charge is 2.43. The van der Waals surface area contributed by atoms with Crippen LogP contribution in [0.2, 0.25) is 0 Å². The fourth-order valence-corrected chi connectivity index (χ4v) is 5.69. The zero-order valence-electron chi connectivity index (χ0n) is 16.2. The van der Waals surface area contributed by atoms with Crippen molar-refractivity contribution in [1.82, 2.24) is 9.21 Å². The molecule has 2 aromatic carbocycles. The third-order valence-electron chi connectivity index (χ3n) is 5.92. The summed E-state index contributed by atoms with van der Waals surface area (Å²) in [6, 6.07) is 19.3. The summed E-state index contributed by atoms with van der Waals surface area (Å²) in [6.45, 7) is 4.29. The number of benzene rings is 2. The molecule has 0 saturated carbocycles. The Bertz CT molecular complexity index is 863. The number of hydrogen-bond donors (Lipinski definition) is 0. The van der Waals surface area contributed by atoms with Gasteiger partial charge in [0.2, 0.25) is 10.0 Å². The lowest BCUT2D eigenvalue weighted by Crippen LogP contribution is -2.58. The van der Waals surface area contributed by atoms with E-state index in [1.165, 1.54) is 5.56 Å². The molecule has 0 aromatic heterocycles. The molecule has 0 bridgehead atoms. The molecule has 1 spiro atoms. The third-order valence-corrected chi connectivity index (χ3v) is 7.78. The van der Waals surface area contributed by atoms with Gasteiger partial charge in [-0.3, -0.25) is 0 Å². The third kappa shape index (κ3) is 4.30. The van der Waals surface area contributed by atoms with Crippen molar-refractivity contribution in [2.75, 3.05) is 39.3 Å². The molecule has 2 aliphatic heterocycles. The molecular formula is C22H28N2O3S. The first-order valence-corrected chi connectivity index (χ1v) is 11.5. The molecule has 0 atom stereocenters. The van der Waals surface area contributed by atoms with Crippen molar-refractivity contribution < 1.29 is 13.2 Å². The molecule has 2 aliphatic rings. The molecule has 0 aliphatic carbocycles. The van der Waals surface area contributed by atoms with Crippen LogP contribution < -0.4 is 0 Å². The minimum absolute atomic E-state index is 0.344. The van der Waals surface area contributed by atoms with Crippen LogP contribution in [-0.4, -0.2) is 62.6 Å². The predicted octanol–water partition coefficient (Wildman–Crippen LogP) is 2.78. The Balaban J connectivity index is 1.36. The van der Waals surface area contributed by atoms with Crippen LogP contribution >= 0.6 is 0 Å². The second-order valence-corrected chi connectivity index (χ2v) is 9.70. The largest absolute Gasteiger partial charge is 0.372 e. The monoisotopic (exact) mass is 400 g/mol. The van der Waals surface area contributed by atoms with Gasteiger partial charge >= 0.3 is 0 Å². The zero-order valence-corrected chi connectivity index (χ0v) is 17.0. The Hall–Kier alpha value is -1.73. The maximum Gasteiger partial charge on any atom is 0.243 e. The highest BCUT2D eigenvalue weighted by atomic mass is 32.2. The summed E-state index contributed by atoms with van der Waals surface area (Å²) in [4.78, 5) is 2.83. The van der Waals surface area contributed by atoms with Gasteiger partial charge in [-0.25, -0.2) is 8.42 Å². The van der Waals surface area contributed by atoms with Crippen LogP contribution in [0.5, 0.6) is 0 Å². The molecule has 2 fully saturated rings. The van der Waals surface area contributed by atoms with E-state index in [4.69, 9.17) is 4.74 Å². The molecule has 0 radical (unpaired) electrons. The topological polar surface area (TPSA) is 49.9 Å². The Labute approximate surface area is 168 Å². The van der Waals surface area contributed by atoms with Gasteiger partial charge in [-0.2, -0.15) is 4.31 Å². The van der Waals surface area contributed by atoms with Crippen LogP contribution in [-0.2, 0) is 21.2 Å². The van der Waals surface area contributed by atoms with Crippen LogP contribution in [0.3, 0.4) is 0 Å². The average molecular weight is 401 g/mol. The first kappa shape index (κ1) is 19.6. The predicted molar refractivity (Wildman–Crippen MR) is 110 cm³/mol. The normalized spacial score (nSPS) is 21.0. The number of sulfonamides is 1. The van der Waals surface area contributed by atoms with Crippen molar-refractivity contribution >= 4 is 10.0 Å². The molecule has 28 heavy (non-hydrogen) atoms. The highest BCUT2D eigenvalue weighted by molar-refractivity contribution is 7.89. The fourth-order valence-electron chi connectivity index (χ4n) is 4.18. The summed E-state index contributed by atoms with van der Waals surface area (Å²) in [7, 11) is -3.46. The zero-order chi connectivity index (χ0) is 19.5. The standard InChI is InChI=1S/C22H28N2O3S/c25-28(26,21-9-5-2-6-10-21)24-17-18-27-22(19-24)12-15-23(16-13-22)14-11-20-7-3-1-4-8-20/h1-10H,11-19H2. The van der Waals surface area contributed by atoms with E-state index in [-0.39, 0.29) is 5.60 Å². The van der Waals surface area contributed by atoms with Gasteiger partial charge in [-0.1, -0.05) is 48.5 Å². The molecule has 0 N–H and O–H groups in total. The van der Waals surface area contributed by atoms with Gasteiger partial charge in [0.05, 0.1) is 17.1 Å². The SMILES string of the molecule is O=S(=O)(c1ccccc1)N1CCOC2(CCN(CCc3ccccc3)CC2)C1. The summed E-state index contributed by atoms with van der Waals surface area (Å²) in [5, 5.41) is 0. The van der Waals surface area contributed by atoms with Gasteiger partial charge in [0, 0.05) is 32.7 Å². The van der Waals surface area contributed by atoms with Crippen LogP contribution in [0.25, 0.3) is 0 Å². The number of rotatable bonds is 5. The number of nitrogens with zero attached hydrogens (tertiary/aromatic N) is 2. The van der Waals surface area contributed by atoms with E-state index >= 15 is 0 Å². The van der Waals surface area contributed by atoms with Crippen LogP contribution in [0.1, 0.15) is 18.4 Å². The Kier molecular flexibility index (Phi) is 5.83. The van der Waals surface area contributed by atoms with Crippen molar-refractivity contribution in [3.05, 3.63) is 66.2 Å². The van der Waals surface area contributed by atoms with Gasteiger partial charge in [0.15, 0.2) is 0 Å². The molecule has 2 heterocycles. The molecule has 2 aromatic rings. The van der Waals surface area contributed by atoms with Crippen molar-refractivity contribution in [3.63, 3.8) is 0 Å². The Morgan fingerprint density at radius 1 is 0.893 bits per heavy atom. The van der Waals surface area contributed by atoms with Gasteiger partial charge < -0.3 is 9.64 Å². The summed E-state index contributed by atoms with van der Waals surface area (Å²) in [5.41, 5.74) is 1.01. The molecule has 150 valence electrons. The van der Waals surface area contributed by atoms with E-state index in [1.54, 1.807) is 28.6 Å². The van der Waals surface area contributed by atoms with E-state index in [9.17, 15) is 8.42 Å². The molecule has 0 amide bonds. The van der Waals surface area contributed by atoms with Gasteiger partial charge in [0.25, 0.3) is 0 Å². The number of morpholine rings is 1. The highest BCUT2D eigenvalue weighted by Crippen LogP contribution is 2.32. The van der Waals surface area contributed by atoms with Crippen molar-refractivity contribution in [3.8, 4) is 0 Å². The lowest BCUT2D eigenvalue weighted by Gasteiger charge is -2.46. The van der Waals surface area contributed by atoms with Crippen molar-refractivity contribution in [2.24, 2.45) is 0 Å². The Morgan fingerprint density at radius 3 is 2.21 bits per heavy atom. The molecule has 2 saturated heterocycles. The first-order chi connectivity index (χ1) is 13.6.